The van der Waals surface area contributed by atoms with Crippen molar-refractivity contribution in [1.29, 1.82) is 0 Å². The summed E-state index contributed by atoms with van der Waals surface area (Å²) < 4.78 is 41.6. The van der Waals surface area contributed by atoms with Crippen LogP contribution in [0.2, 0.25) is 5.02 Å². The van der Waals surface area contributed by atoms with E-state index in [1.165, 1.54) is 82.5 Å². The number of nitrogens with zero attached hydrogens (tertiary/aromatic N) is 9. The molecule has 0 aromatic heterocycles. The number of nitrogens with one attached hydrogen (secondary N) is 3. The van der Waals surface area contributed by atoms with Crippen molar-refractivity contribution < 1.29 is 70.7 Å². The highest BCUT2D eigenvalue weighted by Gasteiger charge is 2.53. The summed E-state index contributed by atoms with van der Waals surface area (Å²) in [6.45, 7) is 11.1. The Labute approximate surface area is 598 Å². The standard InChI is InChI=1S/C73H110ClF3N12O12/c1-12-35-87-56(67(97)86-36-19-14-20-37-86)42-58(91)83(9)55(40-44(3)4)62(92)79-59(45(5)13-2)68(98)82(8)46(6)64(94)89-39-32-54(89)66(96)84(10)60(49-25-21-26-49)69(99)81(7)43-57(90)78-52(31-29-47-28-30-50(51(74)41-47)73(75,76)77)65(95)88-38-22-27-53(88)63(93)80-72(33-17-18-34-72)71(101)85(11)61(70(87)100)48-23-15-16-24-48/h28,30,41,44-46,48-49,52-56,59-61H,12-27,29,31-40,42-43H2,1-11H3,(H,78,90)(H,79,92)(H,80,93)/t45-,46-,52-,53-,54-,55-,56-,59-,60-,61-/m0/s1. The Kier molecular flexibility index (Phi) is 27.2. The van der Waals surface area contributed by atoms with Crippen LogP contribution in [0.3, 0.4) is 0 Å². The Morgan fingerprint density at radius 1 is 0.644 bits per heavy atom. The van der Waals surface area contributed by atoms with E-state index in [1.54, 1.807) is 11.8 Å². The SMILES string of the molecule is CCCN1C(=O)[C@H](C2CCCC2)N(C)C(=O)C2(CCCC2)NC(=O)[C@@H]2CCCN2C(=O)[C@H](CCc2ccc(C(F)(F)F)c(Cl)c2)NC(=O)CN(C)C(=O)[C@H](C2CCC2)N(C)C(=O)[C@@H]2CCN2C(=O)[C@H](C)N(C)C(=O)[C@H]([C@@H](C)CC)NC(=O)[C@H](CC(C)C)N(C)C(=O)C[C@H]1C(=O)N1CCCCC1. The number of fused-ring (bicyclic) bond motifs is 2. The predicted octanol–water partition coefficient (Wildman–Crippen LogP) is 6.17. The van der Waals surface area contributed by atoms with Gasteiger partial charge in [-0.25, -0.2) is 0 Å². The van der Waals surface area contributed by atoms with Gasteiger partial charge in [-0.1, -0.05) is 90.8 Å². The van der Waals surface area contributed by atoms with Gasteiger partial charge >= 0.3 is 6.18 Å². The largest absolute Gasteiger partial charge is 0.417 e. The molecule has 3 aliphatic carbocycles. The van der Waals surface area contributed by atoms with Crippen LogP contribution in [0.5, 0.6) is 0 Å². The van der Waals surface area contributed by atoms with Gasteiger partial charge in [0.05, 0.1) is 23.6 Å². The van der Waals surface area contributed by atoms with Crippen molar-refractivity contribution in [2.45, 2.75) is 255 Å². The van der Waals surface area contributed by atoms with Crippen molar-refractivity contribution in [2.24, 2.45) is 23.7 Å². The molecule has 10 atom stereocenters. The molecule has 1 aromatic carbocycles. The average molecular weight is 1440 g/mol. The maximum atomic E-state index is 16.1. The van der Waals surface area contributed by atoms with E-state index in [1.807, 2.05) is 27.7 Å². The molecule has 0 unspecified atom stereocenters. The first-order valence-corrected chi connectivity index (χ1v) is 37.4. The van der Waals surface area contributed by atoms with Crippen LogP contribution < -0.4 is 16.0 Å². The molecule has 4 aliphatic heterocycles. The molecule has 24 nitrogen and oxygen atoms in total. The Bertz CT molecular complexity index is 3210. The lowest BCUT2D eigenvalue weighted by Crippen LogP contribution is -2.66. The third-order valence-electron chi connectivity index (χ3n) is 22.9. The number of likely N-dealkylation sites (tertiary alicyclic amines) is 1. The number of alkyl halides is 3. The van der Waals surface area contributed by atoms with Gasteiger partial charge in [0.2, 0.25) is 70.9 Å². The van der Waals surface area contributed by atoms with Crippen LogP contribution in [0.15, 0.2) is 18.2 Å². The molecule has 28 heteroatoms. The number of benzene rings is 1. The Hall–Kier alpha value is -7.06. The highest BCUT2D eigenvalue weighted by molar-refractivity contribution is 6.31. The molecule has 0 radical (unpaired) electrons. The summed E-state index contributed by atoms with van der Waals surface area (Å²) in [6, 6.07) is -7.60. The normalized spacial score (nSPS) is 28.3. The zero-order valence-electron chi connectivity index (χ0n) is 61.2. The molecule has 562 valence electrons. The molecule has 0 bridgehead atoms. The summed E-state index contributed by atoms with van der Waals surface area (Å²) in [5.74, 6) is -8.66. The molecule has 101 heavy (non-hydrogen) atoms. The molecule has 7 fully saturated rings. The molecule has 4 saturated heterocycles. The van der Waals surface area contributed by atoms with E-state index in [9.17, 15) is 37.1 Å². The molecule has 8 rings (SSSR count). The van der Waals surface area contributed by atoms with Crippen LogP contribution in [0, 0.1) is 23.7 Å². The van der Waals surface area contributed by atoms with E-state index in [2.05, 4.69) is 16.0 Å². The van der Waals surface area contributed by atoms with Crippen molar-refractivity contribution >= 4 is 82.5 Å². The number of hydrogen-bond acceptors (Lipinski definition) is 12. The monoisotopic (exact) mass is 1440 g/mol. The second-order valence-electron chi connectivity index (χ2n) is 30.2. The average Bonchev–Trinajstić information content (AvgIpc) is 1.76. The minimum Gasteiger partial charge on any atom is -0.343 e. The lowest BCUT2D eigenvalue weighted by molar-refractivity contribution is -0.161. The van der Waals surface area contributed by atoms with Gasteiger partial charge in [0.1, 0.15) is 59.9 Å². The van der Waals surface area contributed by atoms with Gasteiger partial charge < -0.3 is 60.0 Å². The van der Waals surface area contributed by atoms with Gasteiger partial charge in [0.15, 0.2) is 0 Å². The van der Waals surface area contributed by atoms with E-state index in [0.717, 1.165) is 42.7 Å². The summed E-state index contributed by atoms with van der Waals surface area (Å²) in [5, 5.41) is 8.26. The number of piperidine rings is 1. The van der Waals surface area contributed by atoms with Crippen molar-refractivity contribution in [3.8, 4) is 0 Å². The second-order valence-corrected chi connectivity index (χ2v) is 30.7. The summed E-state index contributed by atoms with van der Waals surface area (Å²) >= 11 is 6.16. The highest BCUT2D eigenvalue weighted by Crippen LogP contribution is 2.40. The third kappa shape index (κ3) is 18.1. The number of carbonyl (C=O) groups excluding carboxylic acids is 12. The van der Waals surface area contributed by atoms with Crippen LogP contribution in [0.1, 0.15) is 194 Å². The second kappa shape index (κ2) is 34.5. The molecule has 1 spiro atoms. The first kappa shape index (κ1) is 79.6. The van der Waals surface area contributed by atoms with E-state index in [-0.39, 0.29) is 82.3 Å². The highest BCUT2D eigenvalue weighted by atomic mass is 35.5. The number of carbonyl (C=O) groups is 12. The maximum Gasteiger partial charge on any atom is 0.417 e. The quantitative estimate of drug-likeness (QED) is 0.212. The van der Waals surface area contributed by atoms with Crippen molar-refractivity contribution in [3.05, 3.63) is 34.3 Å². The van der Waals surface area contributed by atoms with E-state index in [4.69, 9.17) is 11.6 Å². The number of hydrogen-bond donors (Lipinski definition) is 3. The first-order chi connectivity index (χ1) is 47.8. The van der Waals surface area contributed by atoms with Gasteiger partial charge in [0.25, 0.3) is 0 Å². The van der Waals surface area contributed by atoms with Crippen molar-refractivity contribution in [2.75, 3.05) is 74.5 Å². The minimum atomic E-state index is -4.76. The molecule has 3 saturated carbocycles. The van der Waals surface area contributed by atoms with Gasteiger partial charge in [-0.2, -0.15) is 13.2 Å². The van der Waals surface area contributed by atoms with Crippen molar-refractivity contribution in [3.63, 3.8) is 0 Å². The number of rotatable bonds is 12. The van der Waals surface area contributed by atoms with Crippen LogP contribution in [0.4, 0.5) is 13.2 Å². The fourth-order valence-corrected chi connectivity index (χ4v) is 16.5. The fraction of sp³-hybridized carbons (Fsp3) is 0.753. The zero-order valence-corrected chi connectivity index (χ0v) is 61.9. The summed E-state index contributed by atoms with van der Waals surface area (Å²) in [4.78, 5) is 194. The van der Waals surface area contributed by atoms with Crippen molar-refractivity contribution in [1.82, 2.24) is 60.0 Å². The smallest absolute Gasteiger partial charge is 0.343 e. The predicted molar refractivity (Wildman–Crippen MR) is 371 cm³/mol. The Morgan fingerprint density at radius 2 is 1.27 bits per heavy atom. The third-order valence-corrected chi connectivity index (χ3v) is 23.2. The Morgan fingerprint density at radius 3 is 1.83 bits per heavy atom. The summed E-state index contributed by atoms with van der Waals surface area (Å²) in [7, 11) is 7.31. The Balaban J connectivity index is 1.19. The first-order valence-electron chi connectivity index (χ1n) is 37.1. The number of amides is 12. The van der Waals surface area contributed by atoms with Crippen LogP contribution in [-0.2, 0) is 70.1 Å². The number of likely N-dealkylation sites (N-methyl/N-ethyl adjacent to an activating group) is 5. The fourth-order valence-electron chi connectivity index (χ4n) is 16.2. The van der Waals surface area contributed by atoms with Crippen LogP contribution in [-0.4, -0.2) is 249 Å². The maximum absolute atomic E-state index is 16.1. The summed E-state index contributed by atoms with van der Waals surface area (Å²) in [6.07, 6.45) is 4.27. The molecule has 7 aliphatic rings. The zero-order chi connectivity index (χ0) is 74.1. The molecular weight excluding hydrogens is 1330 g/mol. The van der Waals surface area contributed by atoms with E-state index >= 15 is 33.6 Å². The summed E-state index contributed by atoms with van der Waals surface area (Å²) in [5.41, 5.74) is -2.33. The van der Waals surface area contributed by atoms with Gasteiger partial charge in [-0.05, 0) is 151 Å². The lowest BCUT2D eigenvalue weighted by atomic mass is 9.78. The topological polar surface area (TPSA) is 270 Å². The molecule has 4 heterocycles. The van der Waals surface area contributed by atoms with E-state index < -0.39 is 166 Å². The van der Waals surface area contributed by atoms with E-state index in [0.29, 0.717) is 89.3 Å². The van der Waals surface area contributed by atoms with Gasteiger partial charge in [0, 0.05) is 68.0 Å². The number of halogens is 4. The lowest BCUT2D eigenvalue weighted by Gasteiger charge is -2.46. The van der Waals surface area contributed by atoms with Crippen LogP contribution in [0.25, 0.3) is 0 Å². The molecule has 12 amide bonds. The van der Waals surface area contributed by atoms with Gasteiger partial charge in [-0.3, -0.25) is 57.5 Å². The molecular formula is C73H110ClF3N12O12. The van der Waals surface area contributed by atoms with Crippen LogP contribution >= 0.6 is 11.6 Å². The molecule has 1 aromatic rings. The molecule has 3 N–H and O–H groups in total. The van der Waals surface area contributed by atoms with Gasteiger partial charge in [-0.15, -0.1) is 0 Å². The number of aryl methyl sites for hydroxylation is 1. The minimum absolute atomic E-state index is 0.0167.